The lowest BCUT2D eigenvalue weighted by Gasteiger charge is -1.82. The van der Waals surface area contributed by atoms with Crippen LogP contribution in [0.1, 0.15) is 22.0 Å². The Kier molecular flexibility index (Phi) is 1.45. The Hall–Kier alpha value is -1.32. The molecular formula is C6H8N3O. The number of aromatic nitrogens is 2. The second-order valence-electron chi connectivity index (χ2n) is 2.01. The van der Waals surface area contributed by atoms with Gasteiger partial charge in [0.05, 0.1) is 5.69 Å². The van der Waals surface area contributed by atoms with Crippen LogP contribution in [0.5, 0.6) is 0 Å². The third-order valence-corrected chi connectivity index (χ3v) is 1.22. The molecule has 1 heterocycles. The fraction of sp³-hybridized carbons (Fsp3) is 0.167. The van der Waals surface area contributed by atoms with E-state index in [4.69, 9.17) is 5.73 Å². The number of primary amides is 1. The zero-order valence-corrected chi connectivity index (χ0v) is 5.64. The Morgan fingerprint density at radius 2 is 2.40 bits per heavy atom. The van der Waals surface area contributed by atoms with Crippen LogP contribution in [0.15, 0.2) is 0 Å². The number of imidazole rings is 1. The molecule has 53 valence electrons. The lowest BCUT2D eigenvalue weighted by Crippen LogP contribution is -2.12. The van der Waals surface area contributed by atoms with Gasteiger partial charge in [0.15, 0.2) is 5.82 Å². The maximum atomic E-state index is 10.5. The van der Waals surface area contributed by atoms with E-state index in [1.807, 2.05) is 0 Å². The molecule has 1 rings (SSSR count). The summed E-state index contributed by atoms with van der Waals surface area (Å²) in [6.45, 7) is 5.35. The molecule has 1 amide bonds. The van der Waals surface area contributed by atoms with E-state index in [-0.39, 0.29) is 5.82 Å². The first-order chi connectivity index (χ1) is 4.61. The van der Waals surface area contributed by atoms with Crippen LogP contribution < -0.4 is 5.73 Å². The number of aryl methyl sites for hydroxylation is 1. The summed E-state index contributed by atoms with van der Waals surface area (Å²) >= 11 is 0. The number of nitrogens with one attached hydrogen (secondary N) is 1. The molecule has 0 atom stereocenters. The molecule has 0 aromatic carbocycles. The molecule has 10 heavy (non-hydrogen) atoms. The van der Waals surface area contributed by atoms with Crippen molar-refractivity contribution in [2.24, 2.45) is 5.73 Å². The number of carbonyl (C=O) groups is 1. The number of nitrogens with two attached hydrogens (primary N) is 1. The fourth-order valence-electron chi connectivity index (χ4n) is 0.613. The first-order valence-corrected chi connectivity index (χ1v) is 2.79. The van der Waals surface area contributed by atoms with Gasteiger partial charge in [-0.25, -0.2) is 4.98 Å². The van der Waals surface area contributed by atoms with Crippen molar-refractivity contribution in [2.75, 3.05) is 0 Å². The van der Waals surface area contributed by atoms with Crippen molar-refractivity contribution < 1.29 is 4.79 Å². The van der Waals surface area contributed by atoms with E-state index in [0.717, 1.165) is 0 Å². The Morgan fingerprint density at radius 3 is 2.60 bits per heavy atom. The lowest BCUT2D eigenvalue weighted by atomic mass is 10.4. The maximum Gasteiger partial charge on any atom is 0.284 e. The minimum Gasteiger partial charge on any atom is -0.363 e. The van der Waals surface area contributed by atoms with Crippen LogP contribution >= 0.6 is 0 Å². The van der Waals surface area contributed by atoms with Gasteiger partial charge < -0.3 is 10.7 Å². The van der Waals surface area contributed by atoms with Gasteiger partial charge in [0.25, 0.3) is 5.91 Å². The summed E-state index contributed by atoms with van der Waals surface area (Å²) in [7, 11) is 0. The molecule has 0 bridgehead atoms. The molecule has 3 N–H and O–H groups in total. The first-order valence-electron chi connectivity index (χ1n) is 2.79. The van der Waals surface area contributed by atoms with E-state index in [2.05, 4.69) is 16.9 Å². The molecule has 1 radical (unpaired) electrons. The number of amides is 1. The number of rotatable bonds is 1. The number of nitrogens with zero attached hydrogens (tertiary/aromatic N) is 1. The molecule has 1 aromatic heterocycles. The van der Waals surface area contributed by atoms with Crippen molar-refractivity contribution in [2.45, 2.75) is 6.92 Å². The Balaban J connectivity index is 3.10. The van der Waals surface area contributed by atoms with E-state index in [0.29, 0.717) is 11.4 Å². The smallest absolute Gasteiger partial charge is 0.284 e. The predicted molar refractivity (Wildman–Crippen MR) is 36.3 cm³/mol. The number of aromatic amines is 1. The van der Waals surface area contributed by atoms with Gasteiger partial charge in [-0.1, -0.05) is 0 Å². The van der Waals surface area contributed by atoms with Gasteiger partial charge in [-0.3, -0.25) is 4.79 Å². The molecule has 0 unspecified atom stereocenters. The molecule has 0 aliphatic rings. The normalized spacial score (nSPS) is 9.80. The summed E-state index contributed by atoms with van der Waals surface area (Å²) in [5.41, 5.74) is 6.27. The lowest BCUT2D eigenvalue weighted by molar-refractivity contribution is 0.0991. The Morgan fingerprint density at radius 1 is 1.80 bits per heavy atom. The third kappa shape index (κ3) is 1.00. The molecule has 0 aliphatic carbocycles. The second-order valence-corrected chi connectivity index (χ2v) is 2.01. The van der Waals surface area contributed by atoms with Crippen LogP contribution in [-0.2, 0) is 0 Å². The molecule has 0 aliphatic heterocycles. The van der Waals surface area contributed by atoms with Gasteiger partial charge in [0.1, 0.15) is 0 Å². The van der Waals surface area contributed by atoms with Gasteiger partial charge in [0, 0.05) is 5.69 Å². The molecular weight excluding hydrogens is 130 g/mol. The largest absolute Gasteiger partial charge is 0.363 e. The zero-order chi connectivity index (χ0) is 7.72. The van der Waals surface area contributed by atoms with Crippen molar-refractivity contribution in [3.63, 3.8) is 0 Å². The van der Waals surface area contributed by atoms with E-state index in [9.17, 15) is 4.79 Å². The molecule has 0 saturated heterocycles. The Bertz CT molecular complexity index is 244. The SMILES string of the molecule is [CH2]c1[nH]c(C(N)=O)nc1C. The minimum absolute atomic E-state index is 0.169. The van der Waals surface area contributed by atoms with Crippen LogP contribution in [0.25, 0.3) is 0 Å². The highest BCUT2D eigenvalue weighted by molar-refractivity contribution is 5.89. The van der Waals surface area contributed by atoms with Crippen LogP contribution in [0.2, 0.25) is 0 Å². The van der Waals surface area contributed by atoms with E-state index >= 15 is 0 Å². The summed E-state index contributed by atoms with van der Waals surface area (Å²) in [6, 6.07) is 0. The van der Waals surface area contributed by atoms with Gasteiger partial charge >= 0.3 is 0 Å². The fourth-order valence-corrected chi connectivity index (χ4v) is 0.613. The number of H-pyrrole nitrogens is 1. The molecule has 0 fully saturated rings. The molecule has 0 spiro atoms. The number of carbonyl (C=O) groups excluding carboxylic acids is 1. The van der Waals surface area contributed by atoms with Crippen LogP contribution in [0.4, 0.5) is 0 Å². The highest BCUT2D eigenvalue weighted by atomic mass is 16.1. The first kappa shape index (κ1) is 6.80. The molecule has 4 nitrogen and oxygen atoms in total. The van der Waals surface area contributed by atoms with Gasteiger partial charge in [-0.15, -0.1) is 0 Å². The highest BCUT2D eigenvalue weighted by Crippen LogP contribution is 2.00. The standard InChI is InChI=1S/C6H8N3O/c1-3-4(2)9-6(8-3)5(7)10/h1H2,2H3,(H2,7,10)(H,8,9). The third-order valence-electron chi connectivity index (χ3n) is 1.22. The predicted octanol–water partition coefficient (Wildman–Crippen LogP) is -0.000790. The molecule has 0 saturated carbocycles. The average molecular weight is 138 g/mol. The molecule has 1 aromatic rings. The van der Waals surface area contributed by atoms with Crippen molar-refractivity contribution >= 4 is 5.91 Å². The van der Waals surface area contributed by atoms with Crippen molar-refractivity contribution in [1.29, 1.82) is 0 Å². The summed E-state index contributed by atoms with van der Waals surface area (Å²) in [6.07, 6.45) is 0. The van der Waals surface area contributed by atoms with Crippen LogP contribution in [-0.4, -0.2) is 15.9 Å². The second kappa shape index (κ2) is 2.13. The van der Waals surface area contributed by atoms with Crippen molar-refractivity contribution in [3.8, 4) is 0 Å². The van der Waals surface area contributed by atoms with Crippen molar-refractivity contribution in [1.82, 2.24) is 9.97 Å². The van der Waals surface area contributed by atoms with Crippen LogP contribution in [0.3, 0.4) is 0 Å². The average Bonchev–Trinajstić information content (AvgIpc) is 2.13. The number of hydrogen-bond donors (Lipinski definition) is 2. The van der Waals surface area contributed by atoms with E-state index in [1.54, 1.807) is 6.92 Å². The van der Waals surface area contributed by atoms with E-state index in [1.165, 1.54) is 0 Å². The topological polar surface area (TPSA) is 71.8 Å². The van der Waals surface area contributed by atoms with Gasteiger partial charge in [-0.05, 0) is 13.8 Å². The minimum atomic E-state index is -0.557. The number of hydrogen-bond acceptors (Lipinski definition) is 2. The highest BCUT2D eigenvalue weighted by Gasteiger charge is 2.05. The van der Waals surface area contributed by atoms with Gasteiger partial charge in [-0.2, -0.15) is 0 Å². The van der Waals surface area contributed by atoms with E-state index < -0.39 is 5.91 Å². The summed E-state index contributed by atoms with van der Waals surface area (Å²) in [5.74, 6) is -0.388. The summed E-state index contributed by atoms with van der Waals surface area (Å²) in [5, 5.41) is 0. The van der Waals surface area contributed by atoms with Gasteiger partial charge in [0.2, 0.25) is 0 Å². The van der Waals surface area contributed by atoms with Crippen LogP contribution in [0, 0.1) is 13.8 Å². The zero-order valence-electron chi connectivity index (χ0n) is 5.64. The maximum absolute atomic E-state index is 10.5. The monoisotopic (exact) mass is 138 g/mol. The molecule has 4 heteroatoms. The quantitative estimate of drug-likeness (QED) is 0.573. The van der Waals surface area contributed by atoms with Crippen molar-refractivity contribution in [3.05, 3.63) is 24.1 Å². The Labute approximate surface area is 58.5 Å². The summed E-state index contributed by atoms with van der Waals surface area (Å²) < 4.78 is 0. The summed E-state index contributed by atoms with van der Waals surface area (Å²) in [4.78, 5) is 16.9.